The normalized spacial score (nSPS) is 10.7. The molecule has 0 saturated carbocycles. The Labute approximate surface area is 118 Å². The van der Waals surface area contributed by atoms with Crippen LogP contribution in [0.25, 0.3) is 11.6 Å². The maximum atomic E-state index is 12.0. The van der Waals surface area contributed by atoms with E-state index >= 15 is 0 Å². The first kappa shape index (κ1) is 12.5. The monoisotopic (exact) mass is 291 g/mol. The first-order valence-corrected chi connectivity index (χ1v) is 6.11. The summed E-state index contributed by atoms with van der Waals surface area (Å²) in [4.78, 5) is 16.2. The zero-order valence-electron chi connectivity index (χ0n) is 10.4. The molecule has 0 atom stereocenters. The van der Waals surface area contributed by atoms with Crippen molar-refractivity contribution in [3.8, 4) is 11.6 Å². The summed E-state index contributed by atoms with van der Waals surface area (Å²) < 4.78 is 6.80. The van der Waals surface area contributed by atoms with E-state index < -0.39 is 0 Å². The maximum Gasteiger partial charge on any atom is 0.274 e. The van der Waals surface area contributed by atoms with Crippen LogP contribution in [0, 0.1) is 0 Å². The summed E-state index contributed by atoms with van der Waals surface area (Å²) in [7, 11) is 1.73. The van der Waals surface area contributed by atoms with E-state index in [0.717, 1.165) is 0 Å². The van der Waals surface area contributed by atoms with Gasteiger partial charge in [-0.1, -0.05) is 11.6 Å². The van der Waals surface area contributed by atoms with Crippen LogP contribution in [0.5, 0.6) is 0 Å². The Hall–Kier alpha value is -2.54. The number of hydrogen-bond acceptors (Lipinski definition) is 4. The van der Waals surface area contributed by atoms with Crippen LogP contribution in [0.4, 0.5) is 5.95 Å². The number of H-pyrrole nitrogens is 1. The molecule has 3 aromatic rings. The van der Waals surface area contributed by atoms with E-state index in [0.29, 0.717) is 22.3 Å². The number of nitrogens with zero attached hydrogens (tertiary/aromatic N) is 3. The van der Waals surface area contributed by atoms with Crippen LogP contribution in [-0.2, 0) is 7.05 Å². The number of anilines is 1. The molecule has 2 N–H and O–H groups in total. The Kier molecular flexibility index (Phi) is 3.03. The molecule has 0 fully saturated rings. The van der Waals surface area contributed by atoms with Gasteiger partial charge in [0, 0.05) is 13.2 Å². The highest BCUT2D eigenvalue weighted by Crippen LogP contribution is 2.17. The fourth-order valence-corrected chi connectivity index (χ4v) is 2.01. The molecule has 1 amide bonds. The Morgan fingerprint density at radius 1 is 1.55 bits per heavy atom. The third-order valence-corrected chi connectivity index (χ3v) is 2.88. The Balaban J connectivity index is 1.78. The van der Waals surface area contributed by atoms with Gasteiger partial charge < -0.3 is 8.98 Å². The summed E-state index contributed by atoms with van der Waals surface area (Å²) in [6, 6.07) is 5.04. The molecule has 0 unspecified atom stereocenters. The highest BCUT2D eigenvalue weighted by atomic mass is 35.5. The van der Waals surface area contributed by atoms with Gasteiger partial charge in [0.1, 0.15) is 5.69 Å². The van der Waals surface area contributed by atoms with Crippen LogP contribution in [0.3, 0.4) is 0 Å². The molecule has 0 aromatic carbocycles. The summed E-state index contributed by atoms with van der Waals surface area (Å²) in [6.07, 6.45) is 3.17. The fraction of sp³-hybridized carbons (Fsp3) is 0.0833. The number of aromatic nitrogens is 4. The molecule has 0 aliphatic carbocycles. The smallest absolute Gasteiger partial charge is 0.274 e. The van der Waals surface area contributed by atoms with Gasteiger partial charge in [0.15, 0.2) is 11.6 Å². The van der Waals surface area contributed by atoms with E-state index in [1.54, 1.807) is 36.0 Å². The topological polar surface area (TPSA) is 88.7 Å². The maximum absolute atomic E-state index is 12.0. The van der Waals surface area contributed by atoms with Crippen molar-refractivity contribution in [2.75, 3.05) is 5.32 Å². The summed E-state index contributed by atoms with van der Waals surface area (Å²) >= 11 is 5.83. The number of carbonyl (C=O) groups is 1. The lowest BCUT2D eigenvalue weighted by molar-refractivity contribution is 0.101. The predicted octanol–water partition coefficient (Wildman–Crippen LogP) is 2.31. The molecule has 3 rings (SSSR count). The number of nitrogens with one attached hydrogen (secondary N) is 2. The first-order valence-electron chi connectivity index (χ1n) is 5.73. The molecule has 20 heavy (non-hydrogen) atoms. The lowest BCUT2D eigenvalue weighted by atomic mass is 10.4. The van der Waals surface area contributed by atoms with Gasteiger partial charge in [0.25, 0.3) is 5.91 Å². The van der Waals surface area contributed by atoms with Crippen LogP contribution in [0.15, 0.2) is 35.1 Å². The van der Waals surface area contributed by atoms with Crippen molar-refractivity contribution >= 4 is 23.5 Å². The fourth-order valence-electron chi connectivity index (χ4n) is 1.76. The van der Waals surface area contributed by atoms with Crippen molar-refractivity contribution < 1.29 is 9.21 Å². The van der Waals surface area contributed by atoms with Crippen molar-refractivity contribution in [2.24, 2.45) is 7.05 Å². The zero-order valence-corrected chi connectivity index (χ0v) is 11.2. The Bertz CT molecular complexity index is 744. The van der Waals surface area contributed by atoms with Gasteiger partial charge >= 0.3 is 0 Å². The van der Waals surface area contributed by atoms with Crippen molar-refractivity contribution in [1.29, 1.82) is 0 Å². The van der Waals surface area contributed by atoms with Gasteiger partial charge in [-0.15, -0.1) is 5.10 Å². The third kappa shape index (κ3) is 2.30. The second-order valence-corrected chi connectivity index (χ2v) is 4.53. The number of carbonyl (C=O) groups excluding carboxylic acids is 1. The predicted molar refractivity (Wildman–Crippen MR) is 72.5 cm³/mol. The lowest BCUT2D eigenvalue weighted by Gasteiger charge is -2.01. The minimum absolute atomic E-state index is 0.165. The SMILES string of the molecule is Cn1cc(Cl)cc1C(=O)Nc1n[nH]c(-c2ccco2)n1. The van der Waals surface area contributed by atoms with Crippen LogP contribution in [0.2, 0.25) is 5.02 Å². The molecule has 102 valence electrons. The Morgan fingerprint density at radius 2 is 2.40 bits per heavy atom. The molecular formula is C12H10ClN5O2. The number of furan rings is 1. The van der Waals surface area contributed by atoms with Gasteiger partial charge in [-0.25, -0.2) is 0 Å². The number of halogens is 1. The molecule has 3 aromatic heterocycles. The molecule has 3 heterocycles. The number of hydrogen-bond donors (Lipinski definition) is 2. The van der Waals surface area contributed by atoms with Crippen molar-refractivity contribution in [3.05, 3.63) is 41.4 Å². The third-order valence-electron chi connectivity index (χ3n) is 2.67. The number of aromatic amines is 1. The quantitative estimate of drug-likeness (QED) is 0.775. The van der Waals surface area contributed by atoms with E-state index in [2.05, 4.69) is 20.5 Å². The standard InChI is InChI=1S/C12H10ClN5O2/c1-18-6-7(13)5-8(18)11(19)15-12-14-10(16-17-12)9-3-2-4-20-9/h2-6H,1H3,(H2,14,15,16,17,19). The second kappa shape index (κ2) is 4.86. The molecule has 0 radical (unpaired) electrons. The molecule has 0 aliphatic heterocycles. The lowest BCUT2D eigenvalue weighted by Crippen LogP contribution is -2.16. The van der Waals surface area contributed by atoms with Crippen molar-refractivity contribution in [1.82, 2.24) is 19.7 Å². The van der Waals surface area contributed by atoms with Gasteiger partial charge in [0.2, 0.25) is 5.95 Å². The molecule has 0 aliphatic rings. The average molecular weight is 292 g/mol. The van der Waals surface area contributed by atoms with Gasteiger partial charge in [0.05, 0.1) is 11.3 Å². The summed E-state index contributed by atoms with van der Waals surface area (Å²) in [5.41, 5.74) is 0.416. The van der Waals surface area contributed by atoms with Crippen LogP contribution in [-0.4, -0.2) is 25.7 Å². The largest absolute Gasteiger partial charge is 0.461 e. The summed E-state index contributed by atoms with van der Waals surface area (Å²) in [6.45, 7) is 0. The number of aryl methyl sites for hydroxylation is 1. The molecule has 0 spiro atoms. The second-order valence-electron chi connectivity index (χ2n) is 4.09. The van der Waals surface area contributed by atoms with E-state index in [4.69, 9.17) is 16.0 Å². The minimum atomic E-state index is -0.343. The summed E-state index contributed by atoms with van der Waals surface area (Å²) in [5.74, 6) is 0.804. The summed E-state index contributed by atoms with van der Waals surface area (Å²) in [5, 5.41) is 9.66. The van der Waals surface area contributed by atoms with Crippen molar-refractivity contribution in [3.63, 3.8) is 0 Å². The average Bonchev–Trinajstić information content (AvgIpc) is 3.09. The minimum Gasteiger partial charge on any atom is -0.461 e. The van der Waals surface area contributed by atoms with E-state index in [-0.39, 0.29) is 11.9 Å². The van der Waals surface area contributed by atoms with E-state index in [1.165, 1.54) is 6.26 Å². The van der Waals surface area contributed by atoms with Gasteiger partial charge in [-0.3, -0.25) is 15.2 Å². The van der Waals surface area contributed by atoms with E-state index in [9.17, 15) is 4.79 Å². The van der Waals surface area contributed by atoms with Crippen molar-refractivity contribution in [2.45, 2.75) is 0 Å². The molecule has 7 nitrogen and oxygen atoms in total. The molecular weight excluding hydrogens is 282 g/mol. The number of rotatable bonds is 3. The number of amides is 1. The first-order chi connectivity index (χ1) is 9.63. The highest BCUT2D eigenvalue weighted by Gasteiger charge is 2.14. The highest BCUT2D eigenvalue weighted by molar-refractivity contribution is 6.31. The van der Waals surface area contributed by atoms with Crippen LogP contribution < -0.4 is 5.32 Å². The van der Waals surface area contributed by atoms with E-state index in [1.807, 2.05) is 0 Å². The molecule has 0 saturated heterocycles. The van der Waals surface area contributed by atoms with Crippen LogP contribution in [0.1, 0.15) is 10.5 Å². The van der Waals surface area contributed by atoms with Gasteiger partial charge in [-0.05, 0) is 18.2 Å². The molecule has 8 heteroatoms. The zero-order chi connectivity index (χ0) is 14.1. The van der Waals surface area contributed by atoms with Crippen LogP contribution >= 0.6 is 11.6 Å². The molecule has 0 bridgehead atoms. The Morgan fingerprint density at radius 3 is 3.05 bits per heavy atom. The van der Waals surface area contributed by atoms with Gasteiger partial charge in [-0.2, -0.15) is 4.98 Å².